The van der Waals surface area contributed by atoms with Gasteiger partial charge < -0.3 is 9.64 Å². The summed E-state index contributed by atoms with van der Waals surface area (Å²) in [6.07, 6.45) is 0.540. The van der Waals surface area contributed by atoms with Crippen molar-refractivity contribution in [3.63, 3.8) is 0 Å². The second-order valence-electron chi connectivity index (χ2n) is 4.61. The van der Waals surface area contributed by atoms with E-state index in [0.717, 1.165) is 16.9 Å². The van der Waals surface area contributed by atoms with Crippen molar-refractivity contribution < 1.29 is 9.53 Å². The summed E-state index contributed by atoms with van der Waals surface area (Å²) in [5.41, 5.74) is 2.25. The van der Waals surface area contributed by atoms with E-state index in [1.54, 1.807) is 14.0 Å². The second-order valence-corrected chi connectivity index (χ2v) is 4.61. The van der Waals surface area contributed by atoms with Crippen LogP contribution in [0.4, 0.5) is 0 Å². The number of rotatable bonds is 5. The molecule has 1 rings (SSSR count). The molecular weight excluding hydrogens is 214 g/mol. The van der Waals surface area contributed by atoms with Crippen LogP contribution in [0.5, 0.6) is 5.75 Å². The molecule has 1 aromatic rings. The van der Waals surface area contributed by atoms with Crippen LogP contribution in [0.1, 0.15) is 30.5 Å². The smallest absolute Gasteiger partial charge is 0.131 e. The lowest BCUT2D eigenvalue weighted by atomic mass is 9.99. The molecule has 0 amide bonds. The van der Waals surface area contributed by atoms with E-state index in [4.69, 9.17) is 4.74 Å². The fourth-order valence-corrected chi connectivity index (χ4v) is 1.98. The van der Waals surface area contributed by atoms with Gasteiger partial charge in [-0.3, -0.25) is 4.79 Å². The summed E-state index contributed by atoms with van der Waals surface area (Å²) < 4.78 is 5.24. The monoisotopic (exact) mass is 235 g/mol. The van der Waals surface area contributed by atoms with Crippen LogP contribution in [-0.4, -0.2) is 31.9 Å². The summed E-state index contributed by atoms with van der Waals surface area (Å²) in [6.45, 7) is 3.65. The van der Waals surface area contributed by atoms with Crippen molar-refractivity contribution in [3.05, 3.63) is 29.3 Å². The van der Waals surface area contributed by atoms with Gasteiger partial charge in [0.25, 0.3) is 0 Å². The fraction of sp³-hybridized carbons (Fsp3) is 0.500. The minimum absolute atomic E-state index is 0.136. The van der Waals surface area contributed by atoms with Crippen LogP contribution in [0, 0.1) is 6.92 Å². The third-order valence-corrected chi connectivity index (χ3v) is 2.91. The Labute approximate surface area is 103 Å². The van der Waals surface area contributed by atoms with E-state index in [0.29, 0.717) is 6.42 Å². The Hall–Kier alpha value is -1.35. The molecule has 0 saturated heterocycles. The van der Waals surface area contributed by atoms with E-state index in [9.17, 15) is 4.79 Å². The third-order valence-electron chi connectivity index (χ3n) is 2.91. The van der Waals surface area contributed by atoms with E-state index in [1.807, 2.05) is 33.2 Å². The van der Waals surface area contributed by atoms with Gasteiger partial charge >= 0.3 is 0 Å². The molecule has 0 heterocycles. The standard InChI is InChI=1S/C14H21NO2/c1-10-8-12(6-7-14(10)17-5)13(15(3)4)9-11(2)16/h6-8,13H,9H2,1-5H3. The van der Waals surface area contributed by atoms with E-state index < -0.39 is 0 Å². The molecule has 3 heteroatoms. The lowest BCUT2D eigenvalue weighted by Gasteiger charge is -2.24. The van der Waals surface area contributed by atoms with Crippen molar-refractivity contribution in [1.82, 2.24) is 4.90 Å². The Kier molecular flexibility index (Phi) is 4.70. The van der Waals surface area contributed by atoms with Gasteiger partial charge in [0.05, 0.1) is 7.11 Å². The molecule has 0 aliphatic rings. The molecule has 17 heavy (non-hydrogen) atoms. The Morgan fingerprint density at radius 1 is 1.41 bits per heavy atom. The summed E-state index contributed by atoms with van der Waals surface area (Å²) >= 11 is 0. The minimum atomic E-state index is 0.136. The zero-order chi connectivity index (χ0) is 13.0. The molecule has 0 aliphatic heterocycles. The Balaban J connectivity index is 3.02. The fourth-order valence-electron chi connectivity index (χ4n) is 1.98. The van der Waals surface area contributed by atoms with Crippen molar-refractivity contribution in [2.24, 2.45) is 0 Å². The largest absolute Gasteiger partial charge is 0.496 e. The Morgan fingerprint density at radius 3 is 2.47 bits per heavy atom. The van der Waals surface area contributed by atoms with Crippen LogP contribution in [0.25, 0.3) is 0 Å². The van der Waals surface area contributed by atoms with Gasteiger partial charge in [-0.25, -0.2) is 0 Å². The molecule has 0 saturated carbocycles. The van der Waals surface area contributed by atoms with Gasteiger partial charge in [0.2, 0.25) is 0 Å². The first-order valence-corrected chi connectivity index (χ1v) is 5.76. The van der Waals surface area contributed by atoms with Gasteiger partial charge in [0, 0.05) is 12.5 Å². The Morgan fingerprint density at radius 2 is 2.06 bits per heavy atom. The van der Waals surface area contributed by atoms with E-state index >= 15 is 0 Å². The predicted octanol–water partition coefficient (Wildman–Crippen LogP) is 2.59. The van der Waals surface area contributed by atoms with Crippen LogP contribution in [0.15, 0.2) is 18.2 Å². The molecule has 3 nitrogen and oxygen atoms in total. The van der Waals surface area contributed by atoms with Gasteiger partial charge in [-0.2, -0.15) is 0 Å². The summed E-state index contributed by atoms with van der Waals surface area (Å²) in [5, 5.41) is 0. The summed E-state index contributed by atoms with van der Waals surface area (Å²) in [6, 6.07) is 6.21. The van der Waals surface area contributed by atoms with Gasteiger partial charge in [0.15, 0.2) is 0 Å². The lowest BCUT2D eigenvalue weighted by Crippen LogP contribution is -2.22. The summed E-state index contributed by atoms with van der Waals surface area (Å²) in [7, 11) is 5.65. The number of aryl methyl sites for hydroxylation is 1. The molecule has 0 N–H and O–H groups in total. The van der Waals surface area contributed by atoms with Crippen molar-refractivity contribution >= 4 is 5.78 Å². The van der Waals surface area contributed by atoms with Crippen LogP contribution < -0.4 is 4.74 Å². The molecule has 94 valence electrons. The average Bonchev–Trinajstić information content (AvgIpc) is 2.25. The van der Waals surface area contributed by atoms with Crippen LogP contribution in [0.3, 0.4) is 0 Å². The van der Waals surface area contributed by atoms with Crippen molar-refractivity contribution in [3.8, 4) is 5.75 Å². The maximum absolute atomic E-state index is 11.3. The highest BCUT2D eigenvalue weighted by molar-refractivity contribution is 5.76. The number of methoxy groups -OCH3 is 1. The molecule has 0 aromatic heterocycles. The SMILES string of the molecule is COc1ccc(C(CC(C)=O)N(C)C)cc1C. The summed E-state index contributed by atoms with van der Waals surface area (Å²) in [5.74, 6) is 1.09. The maximum Gasteiger partial charge on any atom is 0.131 e. The molecule has 0 spiro atoms. The molecule has 0 fully saturated rings. The van der Waals surface area contributed by atoms with E-state index in [1.165, 1.54) is 0 Å². The van der Waals surface area contributed by atoms with Crippen molar-refractivity contribution in [2.75, 3.05) is 21.2 Å². The first-order valence-electron chi connectivity index (χ1n) is 5.76. The average molecular weight is 235 g/mol. The highest BCUT2D eigenvalue weighted by Crippen LogP contribution is 2.27. The molecule has 1 atom stereocenters. The number of carbonyl (C=O) groups is 1. The van der Waals surface area contributed by atoms with Crippen molar-refractivity contribution in [2.45, 2.75) is 26.3 Å². The number of ketones is 1. The number of nitrogens with zero attached hydrogens (tertiary/aromatic N) is 1. The quantitative estimate of drug-likeness (QED) is 0.785. The highest BCUT2D eigenvalue weighted by atomic mass is 16.5. The van der Waals surface area contributed by atoms with Gasteiger partial charge in [-0.05, 0) is 45.1 Å². The third kappa shape index (κ3) is 3.56. The zero-order valence-corrected chi connectivity index (χ0v) is 11.3. The molecule has 0 bridgehead atoms. The highest BCUT2D eigenvalue weighted by Gasteiger charge is 2.16. The number of ether oxygens (including phenoxy) is 1. The van der Waals surface area contributed by atoms with Gasteiger partial charge in [0.1, 0.15) is 11.5 Å². The van der Waals surface area contributed by atoms with Gasteiger partial charge in [-0.1, -0.05) is 12.1 Å². The second kappa shape index (κ2) is 5.82. The maximum atomic E-state index is 11.3. The van der Waals surface area contributed by atoms with E-state index in [2.05, 4.69) is 11.0 Å². The first kappa shape index (κ1) is 13.7. The minimum Gasteiger partial charge on any atom is -0.496 e. The van der Waals surface area contributed by atoms with Crippen LogP contribution in [-0.2, 0) is 4.79 Å². The van der Waals surface area contributed by atoms with Crippen molar-refractivity contribution in [1.29, 1.82) is 0 Å². The van der Waals surface area contributed by atoms with Crippen LogP contribution >= 0.6 is 0 Å². The predicted molar refractivity (Wildman–Crippen MR) is 69.5 cm³/mol. The summed E-state index contributed by atoms with van der Waals surface area (Å²) in [4.78, 5) is 13.4. The Bertz CT molecular complexity index is 399. The van der Waals surface area contributed by atoms with Crippen LogP contribution in [0.2, 0.25) is 0 Å². The molecule has 0 aliphatic carbocycles. The lowest BCUT2D eigenvalue weighted by molar-refractivity contribution is -0.118. The van der Waals surface area contributed by atoms with E-state index in [-0.39, 0.29) is 11.8 Å². The first-order chi connectivity index (χ1) is 7.95. The zero-order valence-electron chi connectivity index (χ0n) is 11.3. The topological polar surface area (TPSA) is 29.5 Å². The molecule has 1 aromatic carbocycles. The molecule has 1 unspecified atom stereocenters. The molecular formula is C14H21NO2. The number of carbonyl (C=O) groups excluding carboxylic acids is 1. The number of hydrogen-bond acceptors (Lipinski definition) is 3. The normalized spacial score (nSPS) is 12.6. The van der Waals surface area contributed by atoms with Gasteiger partial charge in [-0.15, -0.1) is 0 Å². The molecule has 0 radical (unpaired) electrons. The number of Topliss-reactive ketones (excluding diaryl/α,β-unsaturated/α-hetero) is 1. The number of benzene rings is 1. The number of hydrogen-bond donors (Lipinski definition) is 0.